The molecule has 0 saturated carbocycles. The maximum Gasteiger partial charge on any atom is 0.0725 e. The summed E-state index contributed by atoms with van der Waals surface area (Å²) in [7, 11) is 0. The minimum absolute atomic E-state index is 0.146. The zero-order chi connectivity index (χ0) is 18.7. The molecule has 0 aliphatic heterocycles. The molecule has 0 heterocycles. The first kappa shape index (κ1) is 14.8. The first-order chi connectivity index (χ1) is 14.4. The minimum atomic E-state index is -0.146. The second-order valence-electron chi connectivity index (χ2n) is 9.17. The Kier molecular flexibility index (Phi) is 2.41. The second kappa shape index (κ2) is 4.71. The molecule has 4 aliphatic rings. The summed E-state index contributed by atoms with van der Waals surface area (Å²) in [6.07, 6.45) is 4.94. The van der Waals surface area contributed by atoms with Gasteiger partial charge < -0.3 is 0 Å². The van der Waals surface area contributed by atoms with Crippen molar-refractivity contribution in [2.45, 2.75) is 31.1 Å². The molecule has 136 valence electrons. The van der Waals surface area contributed by atoms with Gasteiger partial charge in [0.2, 0.25) is 0 Å². The predicted octanol–water partition coefficient (Wildman–Crippen LogP) is 6.23. The topological polar surface area (TPSA) is 0 Å². The lowest BCUT2D eigenvalue weighted by atomic mass is 9.68. The Labute approximate surface area is 170 Å². The van der Waals surface area contributed by atoms with Gasteiger partial charge in [0.05, 0.1) is 5.41 Å². The molecule has 4 aromatic rings. The van der Waals surface area contributed by atoms with Gasteiger partial charge in [-0.05, 0) is 92.4 Å². The highest BCUT2D eigenvalue weighted by Crippen LogP contribution is 2.63. The third kappa shape index (κ3) is 1.51. The molecule has 0 aromatic heterocycles. The van der Waals surface area contributed by atoms with Crippen molar-refractivity contribution in [1.29, 1.82) is 0 Å². The summed E-state index contributed by atoms with van der Waals surface area (Å²) in [6, 6.07) is 28.4. The van der Waals surface area contributed by atoms with Crippen LogP contribution in [-0.4, -0.2) is 0 Å². The number of fused-ring (bicyclic) bond motifs is 12. The average molecular weight is 368 g/mol. The quantitative estimate of drug-likeness (QED) is 0.298. The van der Waals surface area contributed by atoms with Crippen molar-refractivity contribution < 1.29 is 0 Å². The van der Waals surface area contributed by atoms with Crippen LogP contribution >= 0.6 is 0 Å². The zero-order valence-corrected chi connectivity index (χ0v) is 16.3. The Hall–Kier alpha value is -3.12. The molecule has 0 fully saturated rings. The van der Waals surface area contributed by atoms with E-state index in [-0.39, 0.29) is 5.41 Å². The van der Waals surface area contributed by atoms with E-state index in [0.717, 1.165) is 0 Å². The van der Waals surface area contributed by atoms with Gasteiger partial charge in [0.15, 0.2) is 0 Å². The van der Waals surface area contributed by atoms with E-state index < -0.39 is 0 Å². The SMILES string of the molecule is c1ccc2c(c1)-c1ccccc1C21c2cc3c(cc2-c2cc4c(cc21)CC4)CC3. The molecular weight excluding hydrogens is 348 g/mol. The molecule has 0 nitrogen and oxygen atoms in total. The molecule has 4 aliphatic carbocycles. The number of aryl methyl sites for hydroxylation is 4. The van der Waals surface area contributed by atoms with Crippen LogP contribution in [0.5, 0.6) is 0 Å². The summed E-state index contributed by atoms with van der Waals surface area (Å²) in [5.74, 6) is 0. The van der Waals surface area contributed by atoms with Gasteiger partial charge >= 0.3 is 0 Å². The highest BCUT2D eigenvalue weighted by molar-refractivity contribution is 5.95. The Morgan fingerprint density at radius 1 is 0.414 bits per heavy atom. The first-order valence-electron chi connectivity index (χ1n) is 10.9. The summed E-state index contributed by atoms with van der Waals surface area (Å²) >= 11 is 0. The molecule has 0 unspecified atom stereocenters. The van der Waals surface area contributed by atoms with E-state index in [4.69, 9.17) is 0 Å². The van der Waals surface area contributed by atoms with Gasteiger partial charge in [-0.25, -0.2) is 0 Å². The third-order valence-corrected chi connectivity index (χ3v) is 8.06. The number of benzene rings is 4. The number of hydrogen-bond donors (Lipinski definition) is 0. The van der Waals surface area contributed by atoms with Crippen LogP contribution in [0.25, 0.3) is 22.3 Å². The van der Waals surface area contributed by atoms with Gasteiger partial charge in [0, 0.05) is 0 Å². The van der Waals surface area contributed by atoms with Crippen LogP contribution in [0.4, 0.5) is 0 Å². The second-order valence-corrected chi connectivity index (χ2v) is 9.17. The average Bonchev–Trinajstić information content (AvgIpc) is 3.16. The fourth-order valence-corrected chi connectivity index (χ4v) is 6.52. The van der Waals surface area contributed by atoms with Crippen molar-refractivity contribution in [3.63, 3.8) is 0 Å². The molecule has 0 atom stereocenters. The zero-order valence-electron chi connectivity index (χ0n) is 16.3. The molecule has 8 rings (SSSR count). The largest absolute Gasteiger partial charge is 0.0725 e. The molecule has 4 aromatic carbocycles. The Bertz CT molecular complexity index is 1290. The molecule has 1 spiro atoms. The molecule has 29 heavy (non-hydrogen) atoms. The summed E-state index contributed by atoms with van der Waals surface area (Å²) in [5.41, 5.74) is 17.9. The third-order valence-electron chi connectivity index (χ3n) is 8.06. The summed E-state index contributed by atoms with van der Waals surface area (Å²) in [6.45, 7) is 0. The smallest absolute Gasteiger partial charge is 0.0619 e. The van der Waals surface area contributed by atoms with Crippen molar-refractivity contribution in [1.82, 2.24) is 0 Å². The highest BCUT2D eigenvalue weighted by Gasteiger charge is 2.52. The Morgan fingerprint density at radius 3 is 1.28 bits per heavy atom. The van der Waals surface area contributed by atoms with Crippen molar-refractivity contribution in [3.05, 3.63) is 117 Å². The lowest BCUT2D eigenvalue weighted by Crippen LogP contribution is -2.27. The van der Waals surface area contributed by atoms with E-state index in [1.54, 1.807) is 22.3 Å². The molecule has 0 saturated heterocycles. The van der Waals surface area contributed by atoms with Gasteiger partial charge in [0.1, 0.15) is 0 Å². The minimum Gasteiger partial charge on any atom is -0.0619 e. The monoisotopic (exact) mass is 368 g/mol. The molecule has 0 heteroatoms. The standard InChI is InChI=1S/C29H20/c1-3-7-25-21(5-1)22-6-2-4-8-26(22)29(25)27-15-19-11-9-17(19)13-23(27)24-14-18-10-12-20(18)16-28(24)29/h1-8,13-16H,9-12H2. The lowest BCUT2D eigenvalue weighted by molar-refractivity contribution is 0.764. The predicted molar refractivity (Wildman–Crippen MR) is 118 cm³/mol. The maximum absolute atomic E-state index is 2.56. The molecule has 0 radical (unpaired) electrons. The number of rotatable bonds is 0. The van der Waals surface area contributed by atoms with E-state index in [9.17, 15) is 0 Å². The van der Waals surface area contributed by atoms with E-state index in [1.807, 2.05) is 0 Å². The molecule has 0 amide bonds. The summed E-state index contributed by atoms with van der Waals surface area (Å²) in [4.78, 5) is 0. The molecule has 0 N–H and O–H groups in total. The van der Waals surface area contributed by atoms with E-state index in [2.05, 4.69) is 72.8 Å². The number of hydrogen-bond acceptors (Lipinski definition) is 0. The van der Waals surface area contributed by atoms with Gasteiger partial charge in [0.25, 0.3) is 0 Å². The van der Waals surface area contributed by atoms with Gasteiger partial charge in [-0.1, -0.05) is 72.8 Å². The van der Waals surface area contributed by atoms with Crippen molar-refractivity contribution in [3.8, 4) is 22.3 Å². The highest BCUT2D eigenvalue weighted by atomic mass is 14.5. The normalized spacial score (nSPS) is 17.4. The van der Waals surface area contributed by atoms with E-state index >= 15 is 0 Å². The van der Waals surface area contributed by atoms with Crippen LogP contribution in [0, 0.1) is 0 Å². The molecule has 0 bridgehead atoms. The van der Waals surface area contributed by atoms with Crippen LogP contribution < -0.4 is 0 Å². The van der Waals surface area contributed by atoms with E-state index in [0.29, 0.717) is 0 Å². The van der Waals surface area contributed by atoms with Crippen LogP contribution in [-0.2, 0) is 31.1 Å². The van der Waals surface area contributed by atoms with Crippen molar-refractivity contribution in [2.24, 2.45) is 0 Å². The fourth-order valence-electron chi connectivity index (χ4n) is 6.52. The van der Waals surface area contributed by atoms with Gasteiger partial charge in [-0.2, -0.15) is 0 Å². The van der Waals surface area contributed by atoms with Crippen molar-refractivity contribution in [2.75, 3.05) is 0 Å². The van der Waals surface area contributed by atoms with Crippen LogP contribution in [0.3, 0.4) is 0 Å². The maximum atomic E-state index is 2.56. The van der Waals surface area contributed by atoms with E-state index in [1.165, 1.54) is 70.2 Å². The first-order valence-corrected chi connectivity index (χ1v) is 10.9. The Morgan fingerprint density at radius 2 is 0.828 bits per heavy atom. The molecular formula is C29H20. The van der Waals surface area contributed by atoms with Gasteiger partial charge in [-0.15, -0.1) is 0 Å². The van der Waals surface area contributed by atoms with Crippen molar-refractivity contribution >= 4 is 0 Å². The summed E-state index contributed by atoms with van der Waals surface area (Å²) in [5, 5.41) is 0. The van der Waals surface area contributed by atoms with Crippen LogP contribution in [0.2, 0.25) is 0 Å². The van der Waals surface area contributed by atoms with Gasteiger partial charge in [-0.3, -0.25) is 0 Å². The Balaban J connectivity index is 1.61. The van der Waals surface area contributed by atoms with Crippen LogP contribution in [0.15, 0.2) is 72.8 Å². The lowest BCUT2D eigenvalue weighted by Gasteiger charge is -2.33. The fraction of sp³-hybridized carbons (Fsp3) is 0.172. The van der Waals surface area contributed by atoms with Crippen LogP contribution in [0.1, 0.15) is 44.5 Å². The summed E-state index contributed by atoms with van der Waals surface area (Å²) < 4.78 is 0.